The molecule has 2 aliphatic heterocycles. The quantitative estimate of drug-likeness (QED) is 0.917. The van der Waals surface area contributed by atoms with E-state index in [0.717, 1.165) is 19.0 Å². The second kappa shape index (κ2) is 7.76. The molecule has 1 radical (unpaired) electrons. The molecule has 2 saturated heterocycles. The summed E-state index contributed by atoms with van der Waals surface area (Å²) in [5.74, 6) is 0.938. The van der Waals surface area contributed by atoms with Crippen molar-refractivity contribution in [2.24, 2.45) is 5.92 Å². The molecule has 0 bridgehead atoms. The molecule has 6 nitrogen and oxygen atoms in total. The van der Waals surface area contributed by atoms with Crippen molar-refractivity contribution >= 4 is 23.3 Å². The van der Waals surface area contributed by atoms with Crippen molar-refractivity contribution in [3.8, 4) is 0 Å². The summed E-state index contributed by atoms with van der Waals surface area (Å²) in [5.41, 5.74) is 1.85. The highest BCUT2D eigenvalue weighted by Crippen LogP contribution is 2.24. The van der Waals surface area contributed by atoms with E-state index in [1.807, 2.05) is 24.3 Å². The largest absolute Gasteiger partial charge is 0.372 e. The van der Waals surface area contributed by atoms with Crippen LogP contribution in [0.3, 0.4) is 0 Å². The Morgan fingerprint density at radius 2 is 1.84 bits per heavy atom. The van der Waals surface area contributed by atoms with Crippen LogP contribution in [0, 0.1) is 5.92 Å². The molecule has 0 aromatic heterocycles. The van der Waals surface area contributed by atoms with E-state index in [0.29, 0.717) is 25.1 Å². The van der Waals surface area contributed by atoms with Crippen LogP contribution in [-0.2, 0) is 4.79 Å². The van der Waals surface area contributed by atoms with Gasteiger partial charge in [0, 0.05) is 44.8 Å². The van der Waals surface area contributed by atoms with Crippen LogP contribution in [0.1, 0.15) is 32.6 Å². The van der Waals surface area contributed by atoms with Gasteiger partial charge in [0.2, 0.25) is 5.91 Å². The molecule has 1 aromatic rings. The van der Waals surface area contributed by atoms with Crippen molar-refractivity contribution in [1.82, 2.24) is 15.5 Å². The standard InChI is InChI=1S/C19H27N4O2/c1-14-9-11-23(12-10-14)17-6-3-15(4-7-17)20-19(25)21-16-5-8-18(24)22(2)13-16/h3-4,6-7,14,16H,5,8-13H2,1-2H3,(H,21,25). The molecule has 3 amide bonds. The summed E-state index contributed by atoms with van der Waals surface area (Å²) in [4.78, 5) is 27.6. The van der Waals surface area contributed by atoms with Gasteiger partial charge in [0.05, 0.1) is 5.69 Å². The smallest absolute Gasteiger partial charge is 0.341 e. The first-order chi connectivity index (χ1) is 12.0. The lowest BCUT2D eigenvalue weighted by Crippen LogP contribution is -2.49. The number of hydrogen-bond donors (Lipinski definition) is 1. The SMILES string of the molecule is CC1CCN(c2ccc([N]C(=O)NC3CCC(=O)N(C)C3)cc2)CC1. The maximum atomic E-state index is 12.1. The Bertz CT molecular complexity index is 608. The summed E-state index contributed by atoms with van der Waals surface area (Å²) >= 11 is 0. The highest BCUT2D eigenvalue weighted by molar-refractivity contribution is 5.80. The lowest BCUT2D eigenvalue weighted by atomic mass is 9.99. The Morgan fingerprint density at radius 1 is 1.16 bits per heavy atom. The van der Waals surface area contributed by atoms with Gasteiger partial charge in [-0.2, -0.15) is 5.32 Å². The Morgan fingerprint density at radius 3 is 2.48 bits per heavy atom. The number of nitrogens with zero attached hydrogens (tertiary/aromatic N) is 3. The van der Waals surface area contributed by atoms with Gasteiger partial charge in [-0.3, -0.25) is 4.79 Å². The molecule has 25 heavy (non-hydrogen) atoms. The Hall–Kier alpha value is -2.24. The third-order valence-corrected chi connectivity index (χ3v) is 5.18. The number of piperidine rings is 2. The number of benzene rings is 1. The fourth-order valence-electron chi connectivity index (χ4n) is 3.46. The van der Waals surface area contributed by atoms with Gasteiger partial charge in [-0.15, -0.1) is 0 Å². The normalized spacial score (nSPS) is 22.0. The highest BCUT2D eigenvalue weighted by Gasteiger charge is 2.24. The molecule has 0 aliphatic carbocycles. The summed E-state index contributed by atoms with van der Waals surface area (Å²) in [6, 6.07) is 7.50. The van der Waals surface area contributed by atoms with E-state index < -0.39 is 0 Å². The van der Waals surface area contributed by atoms with Crippen molar-refractivity contribution in [2.75, 3.05) is 31.6 Å². The minimum atomic E-state index is -0.340. The second-order valence-corrected chi connectivity index (χ2v) is 7.26. The molecule has 0 saturated carbocycles. The number of carbonyl (C=O) groups excluding carboxylic acids is 2. The predicted molar refractivity (Wildman–Crippen MR) is 98.0 cm³/mol. The van der Waals surface area contributed by atoms with Gasteiger partial charge in [0.15, 0.2) is 0 Å². The molecule has 6 heteroatoms. The summed E-state index contributed by atoms with van der Waals surface area (Å²) < 4.78 is 0. The molecule has 1 atom stereocenters. The topological polar surface area (TPSA) is 66.8 Å². The zero-order chi connectivity index (χ0) is 17.8. The third kappa shape index (κ3) is 4.65. The fraction of sp³-hybridized carbons (Fsp3) is 0.579. The van der Waals surface area contributed by atoms with Crippen LogP contribution >= 0.6 is 0 Å². The van der Waals surface area contributed by atoms with Gasteiger partial charge in [-0.05, 0) is 49.4 Å². The van der Waals surface area contributed by atoms with Crippen molar-refractivity contribution in [3.63, 3.8) is 0 Å². The van der Waals surface area contributed by atoms with E-state index in [1.54, 1.807) is 11.9 Å². The monoisotopic (exact) mass is 343 g/mol. The number of likely N-dealkylation sites (N-methyl/N-ethyl adjacent to an activating group) is 1. The molecule has 1 unspecified atom stereocenters. The number of urea groups is 1. The zero-order valence-corrected chi connectivity index (χ0v) is 15.1. The van der Waals surface area contributed by atoms with Gasteiger partial charge in [0.25, 0.3) is 0 Å². The fourth-order valence-corrected chi connectivity index (χ4v) is 3.46. The molecule has 135 valence electrons. The molecule has 0 spiro atoms. The average molecular weight is 343 g/mol. The molecule has 2 aliphatic rings. The number of carbonyl (C=O) groups is 2. The lowest BCUT2D eigenvalue weighted by molar-refractivity contribution is -0.132. The molecule has 2 fully saturated rings. The van der Waals surface area contributed by atoms with Crippen LogP contribution in [0.5, 0.6) is 0 Å². The van der Waals surface area contributed by atoms with Crippen LogP contribution in [-0.4, -0.2) is 49.6 Å². The molecular formula is C19H27N4O2. The number of anilines is 1. The summed E-state index contributed by atoms with van der Waals surface area (Å²) in [6.07, 6.45) is 3.61. The van der Waals surface area contributed by atoms with E-state index in [1.165, 1.54) is 18.5 Å². The van der Waals surface area contributed by atoms with Gasteiger partial charge < -0.3 is 15.1 Å². The third-order valence-electron chi connectivity index (χ3n) is 5.18. The van der Waals surface area contributed by atoms with E-state index in [-0.39, 0.29) is 18.0 Å². The number of rotatable bonds is 3. The van der Waals surface area contributed by atoms with Crippen LogP contribution in [0.25, 0.3) is 0 Å². The van der Waals surface area contributed by atoms with E-state index in [2.05, 4.69) is 22.5 Å². The van der Waals surface area contributed by atoms with Crippen LogP contribution in [0.2, 0.25) is 0 Å². The van der Waals surface area contributed by atoms with E-state index in [4.69, 9.17) is 0 Å². The van der Waals surface area contributed by atoms with Gasteiger partial charge in [-0.25, -0.2) is 4.79 Å². The van der Waals surface area contributed by atoms with Gasteiger partial charge >= 0.3 is 6.03 Å². The summed E-state index contributed by atoms with van der Waals surface area (Å²) in [7, 11) is 1.76. The van der Waals surface area contributed by atoms with Crippen LogP contribution < -0.4 is 15.5 Å². The second-order valence-electron chi connectivity index (χ2n) is 7.26. The van der Waals surface area contributed by atoms with Crippen molar-refractivity contribution in [2.45, 2.75) is 38.6 Å². The predicted octanol–water partition coefficient (Wildman–Crippen LogP) is 2.49. The van der Waals surface area contributed by atoms with E-state index >= 15 is 0 Å². The first-order valence-electron chi connectivity index (χ1n) is 9.12. The minimum absolute atomic E-state index is 0.0198. The highest BCUT2D eigenvalue weighted by atomic mass is 16.2. The van der Waals surface area contributed by atoms with Gasteiger partial charge in [-0.1, -0.05) is 6.92 Å². The van der Waals surface area contributed by atoms with E-state index in [9.17, 15) is 9.59 Å². The summed E-state index contributed by atoms with van der Waals surface area (Å²) in [5, 5.41) is 7.01. The lowest BCUT2D eigenvalue weighted by Gasteiger charge is -2.32. The molecule has 1 N–H and O–H groups in total. The van der Waals surface area contributed by atoms with Crippen molar-refractivity contribution in [1.29, 1.82) is 0 Å². The zero-order valence-electron chi connectivity index (χ0n) is 15.1. The Balaban J connectivity index is 1.49. The molecule has 2 heterocycles. The number of amides is 3. The van der Waals surface area contributed by atoms with Crippen LogP contribution in [0.4, 0.5) is 16.2 Å². The van der Waals surface area contributed by atoms with Gasteiger partial charge in [0.1, 0.15) is 0 Å². The summed E-state index contributed by atoms with van der Waals surface area (Å²) in [6.45, 7) is 5.03. The van der Waals surface area contributed by atoms with Crippen LogP contribution in [0.15, 0.2) is 24.3 Å². The average Bonchev–Trinajstić information content (AvgIpc) is 2.60. The Kier molecular flexibility index (Phi) is 5.46. The Labute approximate surface area is 149 Å². The first-order valence-corrected chi connectivity index (χ1v) is 9.12. The molecule has 1 aromatic carbocycles. The number of nitrogens with one attached hydrogen (secondary N) is 1. The minimum Gasteiger partial charge on any atom is -0.372 e. The van der Waals surface area contributed by atoms with Crippen molar-refractivity contribution < 1.29 is 9.59 Å². The molecule has 3 rings (SSSR count). The maximum absolute atomic E-state index is 12.1. The molecular weight excluding hydrogens is 316 g/mol. The first kappa shape index (κ1) is 17.6. The maximum Gasteiger partial charge on any atom is 0.341 e. The van der Waals surface area contributed by atoms with Crippen molar-refractivity contribution in [3.05, 3.63) is 24.3 Å². The number of likely N-dealkylation sites (tertiary alicyclic amines) is 1. The number of hydrogen-bond acceptors (Lipinski definition) is 3.